The Morgan fingerprint density at radius 1 is 1.10 bits per heavy atom. The summed E-state index contributed by atoms with van der Waals surface area (Å²) < 4.78 is 5.50. The Bertz CT molecular complexity index is 1500. The van der Waals surface area contributed by atoms with Crippen molar-refractivity contribution < 1.29 is 19.1 Å². The molecule has 0 unspecified atom stereocenters. The molecule has 0 aliphatic carbocycles. The number of Topliss-reactive ketones (excluding diaryl/α,β-unsaturated/α-hetero) is 1. The fourth-order valence-electron chi connectivity index (χ4n) is 4.56. The van der Waals surface area contributed by atoms with Gasteiger partial charge in [0, 0.05) is 45.1 Å². The van der Waals surface area contributed by atoms with Crippen LogP contribution in [0.25, 0.3) is 16.6 Å². The molecule has 200 valence electrons. The van der Waals surface area contributed by atoms with Gasteiger partial charge in [-0.25, -0.2) is 4.98 Å². The number of piperazine rings is 1. The van der Waals surface area contributed by atoms with Gasteiger partial charge in [0.05, 0.1) is 48.2 Å². The van der Waals surface area contributed by atoms with Crippen molar-refractivity contribution in [3.63, 3.8) is 0 Å². The van der Waals surface area contributed by atoms with E-state index in [0.29, 0.717) is 59.2 Å². The number of H-pyrrole nitrogens is 1. The molecular formula is C27H28N8O4. The van der Waals surface area contributed by atoms with E-state index in [1.165, 1.54) is 24.4 Å². The number of rotatable bonds is 6. The molecule has 3 aromatic rings. The highest BCUT2D eigenvalue weighted by Crippen LogP contribution is 2.33. The lowest BCUT2D eigenvalue weighted by atomic mass is 10.1. The molecule has 2 aliphatic heterocycles. The highest BCUT2D eigenvalue weighted by Gasteiger charge is 2.31. The zero-order valence-electron chi connectivity index (χ0n) is 21.7. The number of aromatic amines is 1. The maximum atomic E-state index is 13.4. The quantitative estimate of drug-likeness (QED) is 0.365. The molecule has 2 N–H and O–H groups in total. The summed E-state index contributed by atoms with van der Waals surface area (Å²) in [4.78, 5) is 63.2. The van der Waals surface area contributed by atoms with Crippen molar-refractivity contribution in [2.24, 2.45) is 9.98 Å². The second-order valence-electron chi connectivity index (χ2n) is 8.86. The zero-order chi connectivity index (χ0) is 27.4. The summed E-state index contributed by atoms with van der Waals surface area (Å²) in [5, 5.41) is 3.60. The molecule has 0 aromatic carbocycles. The molecule has 0 spiro atoms. The monoisotopic (exact) mass is 528 g/mol. The van der Waals surface area contributed by atoms with Gasteiger partial charge in [0.25, 0.3) is 17.6 Å². The van der Waals surface area contributed by atoms with Crippen LogP contribution < -0.4 is 10.1 Å². The lowest BCUT2D eigenvalue weighted by molar-refractivity contribution is -0.127. The first-order valence-electron chi connectivity index (χ1n) is 12.6. The van der Waals surface area contributed by atoms with Crippen molar-refractivity contribution in [2.45, 2.75) is 6.92 Å². The number of carbonyl (C=O) groups excluding carboxylic acids is 3. The standard InChI is InChI=1S/C27H28N8O4/c1-3-28-21-16-31-18(7-9-30-21)23-24-22(20(39-2)15-33-23)17(14-32-24)25(36)27(38)35-12-10-34(11-13-35)26(37)19-6-4-5-8-29-19/h4-8,14-16,32H,3,9-13H2,1-2H3,(H,28,30). The number of nitrogens with one attached hydrogen (secondary N) is 2. The number of methoxy groups -OCH3 is 1. The van der Waals surface area contributed by atoms with E-state index >= 15 is 0 Å². The first kappa shape index (κ1) is 25.8. The number of amides is 2. The van der Waals surface area contributed by atoms with Crippen LogP contribution in [0.5, 0.6) is 5.75 Å². The van der Waals surface area contributed by atoms with Gasteiger partial charge in [-0.1, -0.05) is 6.07 Å². The minimum atomic E-state index is -0.669. The molecule has 3 aromatic heterocycles. The average Bonchev–Trinajstić information content (AvgIpc) is 3.30. The van der Waals surface area contributed by atoms with Crippen molar-refractivity contribution >= 4 is 46.2 Å². The molecule has 2 aliphatic rings. The fourth-order valence-corrected chi connectivity index (χ4v) is 4.56. The summed E-state index contributed by atoms with van der Waals surface area (Å²) in [6, 6.07) is 5.15. The van der Waals surface area contributed by atoms with E-state index in [1.807, 2.05) is 13.0 Å². The summed E-state index contributed by atoms with van der Waals surface area (Å²) in [7, 11) is 1.48. The van der Waals surface area contributed by atoms with Gasteiger partial charge in [0.15, 0.2) is 0 Å². The summed E-state index contributed by atoms with van der Waals surface area (Å²) >= 11 is 0. The molecule has 0 bridgehead atoms. The van der Waals surface area contributed by atoms with Gasteiger partial charge in [0.2, 0.25) is 0 Å². The number of ether oxygens (including phenoxy) is 1. The molecule has 0 atom stereocenters. The van der Waals surface area contributed by atoms with Crippen LogP contribution in [0.15, 0.2) is 52.9 Å². The number of nitrogens with zero attached hydrogens (tertiary/aromatic N) is 6. The van der Waals surface area contributed by atoms with Crippen LogP contribution >= 0.6 is 0 Å². The molecule has 39 heavy (non-hydrogen) atoms. The SMILES string of the molecule is CCNC1=NCC=C(c2ncc(OC)c3c(C(=O)C(=O)N4CCN(C(=O)c5ccccn5)CC4)c[nH]c23)N=C1. The third-order valence-corrected chi connectivity index (χ3v) is 6.54. The molecule has 12 nitrogen and oxygen atoms in total. The molecule has 5 heterocycles. The Kier molecular flexibility index (Phi) is 7.43. The molecule has 0 radical (unpaired) electrons. The second-order valence-corrected chi connectivity index (χ2v) is 8.86. The van der Waals surface area contributed by atoms with Gasteiger partial charge >= 0.3 is 0 Å². The van der Waals surface area contributed by atoms with Gasteiger partial charge in [0.1, 0.15) is 23.0 Å². The van der Waals surface area contributed by atoms with Crippen LogP contribution in [0.2, 0.25) is 0 Å². The van der Waals surface area contributed by atoms with E-state index in [9.17, 15) is 14.4 Å². The number of pyridine rings is 2. The molecule has 12 heteroatoms. The van der Waals surface area contributed by atoms with Crippen molar-refractivity contribution in [1.82, 2.24) is 30.1 Å². The van der Waals surface area contributed by atoms with Crippen molar-refractivity contribution in [1.29, 1.82) is 0 Å². The molecular weight excluding hydrogens is 500 g/mol. The summed E-state index contributed by atoms with van der Waals surface area (Å²) in [6.07, 6.45) is 8.06. The number of carbonyl (C=O) groups is 3. The van der Waals surface area contributed by atoms with Gasteiger partial charge in [-0.3, -0.25) is 29.4 Å². The van der Waals surface area contributed by atoms with Crippen molar-refractivity contribution in [2.75, 3.05) is 46.4 Å². The van der Waals surface area contributed by atoms with E-state index in [-0.39, 0.29) is 24.6 Å². The van der Waals surface area contributed by atoms with Gasteiger partial charge in [-0.05, 0) is 25.1 Å². The van der Waals surface area contributed by atoms with Crippen LogP contribution in [0.3, 0.4) is 0 Å². The van der Waals surface area contributed by atoms with Gasteiger partial charge in [-0.15, -0.1) is 0 Å². The van der Waals surface area contributed by atoms with Gasteiger partial charge in [-0.2, -0.15) is 0 Å². The Morgan fingerprint density at radius 3 is 2.62 bits per heavy atom. The third kappa shape index (κ3) is 5.13. The van der Waals surface area contributed by atoms with E-state index in [2.05, 4.69) is 30.3 Å². The van der Waals surface area contributed by atoms with Crippen LogP contribution in [0, 0.1) is 0 Å². The largest absolute Gasteiger partial charge is 0.494 e. The predicted octanol–water partition coefficient (Wildman–Crippen LogP) is 1.57. The maximum Gasteiger partial charge on any atom is 0.295 e. The second kappa shape index (κ2) is 11.3. The smallest absolute Gasteiger partial charge is 0.295 e. The molecule has 0 saturated carbocycles. The number of fused-ring (bicyclic) bond motifs is 1. The summed E-state index contributed by atoms with van der Waals surface area (Å²) in [5.74, 6) is -0.481. The normalized spacial score (nSPS) is 15.4. The Morgan fingerprint density at radius 2 is 1.90 bits per heavy atom. The topological polar surface area (TPSA) is 145 Å². The number of ketones is 1. The summed E-state index contributed by atoms with van der Waals surface area (Å²) in [5.41, 5.74) is 2.17. The highest BCUT2D eigenvalue weighted by atomic mass is 16.5. The van der Waals surface area contributed by atoms with Crippen LogP contribution in [0.4, 0.5) is 0 Å². The minimum absolute atomic E-state index is 0.185. The number of aromatic nitrogens is 3. The fraction of sp³-hybridized carbons (Fsp3) is 0.296. The Hall–Kier alpha value is -4.87. The molecule has 5 rings (SSSR count). The lowest BCUT2D eigenvalue weighted by Gasteiger charge is -2.34. The van der Waals surface area contributed by atoms with Crippen LogP contribution in [-0.4, -0.2) is 101 Å². The minimum Gasteiger partial charge on any atom is -0.494 e. The van der Waals surface area contributed by atoms with Crippen molar-refractivity contribution in [3.8, 4) is 5.75 Å². The maximum absolute atomic E-state index is 13.4. The van der Waals surface area contributed by atoms with Crippen LogP contribution in [0.1, 0.15) is 33.5 Å². The first-order chi connectivity index (χ1) is 19.0. The predicted molar refractivity (Wildman–Crippen MR) is 146 cm³/mol. The number of hydrogen-bond donors (Lipinski definition) is 2. The van der Waals surface area contributed by atoms with Crippen molar-refractivity contribution in [3.05, 3.63) is 59.8 Å². The number of aliphatic imine (C=N–C) groups is 2. The molecule has 1 saturated heterocycles. The Balaban J connectivity index is 1.36. The lowest BCUT2D eigenvalue weighted by Crippen LogP contribution is -2.52. The average molecular weight is 529 g/mol. The molecule has 2 amide bonds. The number of hydrogen-bond acceptors (Lipinski definition) is 9. The number of amidine groups is 1. The van der Waals surface area contributed by atoms with Crippen LogP contribution in [-0.2, 0) is 4.79 Å². The third-order valence-electron chi connectivity index (χ3n) is 6.54. The highest BCUT2D eigenvalue weighted by molar-refractivity contribution is 6.45. The molecule has 1 fully saturated rings. The Labute approximate surface area is 224 Å². The van der Waals surface area contributed by atoms with E-state index in [0.717, 1.165) is 6.54 Å². The van der Waals surface area contributed by atoms with E-state index < -0.39 is 11.7 Å². The van der Waals surface area contributed by atoms with Gasteiger partial charge < -0.3 is 24.8 Å². The zero-order valence-corrected chi connectivity index (χ0v) is 21.7. The summed E-state index contributed by atoms with van der Waals surface area (Å²) in [6.45, 7) is 4.20. The van der Waals surface area contributed by atoms with E-state index in [1.54, 1.807) is 35.5 Å². The van der Waals surface area contributed by atoms with E-state index in [4.69, 9.17) is 4.74 Å². The first-order valence-corrected chi connectivity index (χ1v) is 12.6.